The zero-order valence-corrected chi connectivity index (χ0v) is 12.5. The molecule has 0 bridgehead atoms. The van der Waals surface area contributed by atoms with Gasteiger partial charge in [-0.15, -0.1) is 0 Å². The van der Waals surface area contributed by atoms with Crippen molar-refractivity contribution in [2.75, 3.05) is 19.6 Å². The lowest BCUT2D eigenvalue weighted by Gasteiger charge is -2.08. The Labute approximate surface area is 127 Å². The number of rotatable bonds is 8. The Morgan fingerprint density at radius 3 is 2.14 bits per heavy atom. The maximum atomic E-state index is 9.12. The zero-order valence-electron chi connectivity index (χ0n) is 12.5. The second kappa shape index (κ2) is 8.57. The predicted octanol–water partition coefficient (Wildman–Crippen LogP) is 2.41. The van der Waals surface area contributed by atoms with Crippen molar-refractivity contribution in [1.82, 2.24) is 10.6 Å². The lowest BCUT2D eigenvalue weighted by atomic mass is 10.0. The SMILES string of the molecule is CC(O)CNCCNCc1ccc(-c2ccccc2)cc1. The molecule has 1 atom stereocenters. The highest BCUT2D eigenvalue weighted by atomic mass is 16.3. The predicted molar refractivity (Wildman–Crippen MR) is 88.1 cm³/mol. The van der Waals surface area contributed by atoms with Crippen LogP contribution in [-0.4, -0.2) is 30.8 Å². The average molecular weight is 284 g/mol. The molecule has 0 radical (unpaired) electrons. The molecule has 0 saturated carbocycles. The van der Waals surface area contributed by atoms with Crippen LogP contribution >= 0.6 is 0 Å². The van der Waals surface area contributed by atoms with Crippen LogP contribution in [0, 0.1) is 0 Å². The summed E-state index contributed by atoms with van der Waals surface area (Å²) in [5.41, 5.74) is 3.78. The number of aliphatic hydroxyl groups excluding tert-OH is 1. The monoisotopic (exact) mass is 284 g/mol. The van der Waals surface area contributed by atoms with Crippen molar-refractivity contribution in [3.05, 3.63) is 60.2 Å². The van der Waals surface area contributed by atoms with Gasteiger partial charge >= 0.3 is 0 Å². The average Bonchev–Trinajstić information content (AvgIpc) is 2.52. The highest BCUT2D eigenvalue weighted by molar-refractivity contribution is 5.63. The van der Waals surface area contributed by atoms with Crippen molar-refractivity contribution < 1.29 is 5.11 Å². The van der Waals surface area contributed by atoms with Gasteiger partial charge in [-0.1, -0.05) is 54.6 Å². The molecule has 0 aliphatic carbocycles. The van der Waals surface area contributed by atoms with Gasteiger partial charge in [0.25, 0.3) is 0 Å². The summed E-state index contributed by atoms with van der Waals surface area (Å²) in [7, 11) is 0. The molecule has 0 aliphatic heterocycles. The standard InChI is InChI=1S/C18H24N2O/c1-15(21)13-19-11-12-20-14-16-7-9-18(10-8-16)17-5-3-2-4-6-17/h2-10,15,19-21H,11-14H2,1H3. The largest absolute Gasteiger partial charge is 0.392 e. The van der Waals surface area contributed by atoms with Crippen molar-refractivity contribution in [3.8, 4) is 11.1 Å². The maximum absolute atomic E-state index is 9.12. The van der Waals surface area contributed by atoms with Crippen molar-refractivity contribution >= 4 is 0 Å². The molecule has 1 unspecified atom stereocenters. The van der Waals surface area contributed by atoms with Gasteiger partial charge in [0.15, 0.2) is 0 Å². The Balaban J connectivity index is 1.73. The minimum absolute atomic E-state index is 0.282. The third kappa shape index (κ3) is 5.68. The van der Waals surface area contributed by atoms with Crippen LogP contribution < -0.4 is 10.6 Å². The quantitative estimate of drug-likeness (QED) is 0.652. The van der Waals surface area contributed by atoms with E-state index in [1.807, 2.05) is 6.07 Å². The van der Waals surface area contributed by atoms with Crippen molar-refractivity contribution in [1.29, 1.82) is 0 Å². The lowest BCUT2D eigenvalue weighted by Crippen LogP contribution is -2.31. The van der Waals surface area contributed by atoms with Gasteiger partial charge in [0.1, 0.15) is 0 Å². The van der Waals surface area contributed by atoms with Gasteiger partial charge in [0.05, 0.1) is 6.10 Å². The highest BCUT2D eigenvalue weighted by Crippen LogP contribution is 2.18. The Bertz CT molecular complexity index is 509. The fourth-order valence-corrected chi connectivity index (χ4v) is 2.17. The molecule has 2 aromatic rings. The first-order valence-electron chi connectivity index (χ1n) is 7.49. The van der Waals surface area contributed by atoms with Gasteiger partial charge in [-0.05, 0) is 23.6 Å². The Morgan fingerprint density at radius 1 is 0.857 bits per heavy atom. The summed E-state index contributed by atoms with van der Waals surface area (Å²) in [6.07, 6.45) is -0.282. The summed E-state index contributed by atoms with van der Waals surface area (Å²) >= 11 is 0. The molecule has 0 aliphatic rings. The second-order valence-electron chi connectivity index (χ2n) is 5.29. The minimum atomic E-state index is -0.282. The molecule has 21 heavy (non-hydrogen) atoms. The van der Waals surface area contributed by atoms with Crippen LogP contribution in [0.2, 0.25) is 0 Å². The number of benzene rings is 2. The fourth-order valence-electron chi connectivity index (χ4n) is 2.17. The number of aliphatic hydroxyl groups is 1. The zero-order chi connectivity index (χ0) is 14.9. The van der Waals surface area contributed by atoms with E-state index in [4.69, 9.17) is 5.11 Å². The van der Waals surface area contributed by atoms with Crippen LogP contribution in [0.1, 0.15) is 12.5 Å². The summed E-state index contributed by atoms with van der Waals surface area (Å²) < 4.78 is 0. The van der Waals surface area contributed by atoms with E-state index in [-0.39, 0.29) is 6.10 Å². The third-order valence-corrected chi connectivity index (χ3v) is 3.31. The Kier molecular flexibility index (Phi) is 6.41. The van der Waals surface area contributed by atoms with Crippen LogP contribution in [0.15, 0.2) is 54.6 Å². The first-order chi connectivity index (χ1) is 10.3. The Morgan fingerprint density at radius 2 is 1.48 bits per heavy atom. The first kappa shape index (κ1) is 15.7. The summed E-state index contributed by atoms with van der Waals surface area (Å²) in [5, 5.41) is 15.7. The molecule has 0 aromatic heterocycles. The van der Waals surface area contributed by atoms with E-state index in [2.05, 4.69) is 59.2 Å². The topological polar surface area (TPSA) is 44.3 Å². The lowest BCUT2D eigenvalue weighted by molar-refractivity contribution is 0.191. The van der Waals surface area contributed by atoms with Crippen LogP contribution in [-0.2, 0) is 6.54 Å². The van der Waals surface area contributed by atoms with Gasteiger partial charge in [0.2, 0.25) is 0 Å². The summed E-state index contributed by atoms with van der Waals surface area (Å²) in [6.45, 7) is 5.06. The molecule has 2 aromatic carbocycles. The molecule has 0 heterocycles. The van der Waals surface area contributed by atoms with Crippen LogP contribution in [0.4, 0.5) is 0 Å². The van der Waals surface area contributed by atoms with E-state index in [1.165, 1.54) is 16.7 Å². The van der Waals surface area contributed by atoms with Crippen LogP contribution in [0.3, 0.4) is 0 Å². The van der Waals surface area contributed by atoms with Crippen molar-refractivity contribution in [2.24, 2.45) is 0 Å². The van der Waals surface area contributed by atoms with Gasteiger partial charge in [0, 0.05) is 26.2 Å². The van der Waals surface area contributed by atoms with Gasteiger partial charge < -0.3 is 15.7 Å². The molecular weight excluding hydrogens is 260 g/mol. The van der Waals surface area contributed by atoms with E-state index in [9.17, 15) is 0 Å². The molecular formula is C18H24N2O. The molecule has 3 N–H and O–H groups in total. The molecule has 3 nitrogen and oxygen atoms in total. The molecule has 3 heteroatoms. The van der Waals surface area contributed by atoms with Crippen LogP contribution in [0.5, 0.6) is 0 Å². The summed E-state index contributed by atoms with van der Waals surface area (Å²) in [6, 6.07) is 19.1. The van der Waals surface area contributed by atoms with E-state index < -0.39 is 0 Å². The molecule has 0 spiro atoms. The van der Waals surface area contributed by atoms with Gasteiger partial charge in [-0.25, -0.2) is 0 Å². The number of nitrogens with one attached hydrogen (secondary N) is 2. The fraction of sp³-hybridized carbons (Fsp3) is 0.333. The van der Waals surface area contributed by atoms with E-state index >= 15 is 0 Å². The first-order valence-corrected chi connectivity index (χ1v) is 7.49. The number of hydrogen-bond acceptors (Lipinski definition) is 3. The van der Waals surface area contributed by atoms with Crippen LogP contribution in [0.25, 0.3) is 11.1 Å². The summed E-state index contributed by atoms with van der Waals surface area (Å²) in [5.74, 6) is 0. The van der Waals surface area contributed by atoms with Crippen molar-refractivity contribution in [2.45, 2.75) is 19.6 Å². The van der Waals surface area contributed by atoms with E-state index in [0.717, 1.165) is 19.6 Å². The molecule has 0 fully saturated rings. The second-order valence-corrected chi connectivity index (χ2v) is 5.29. The van der Waals surface area contributed by atoms with Gasteiger partial charge in [-0.2, -0.15) is 0 Å². The van der Waals surface area contributed by atoms with E-state index in [0.29, 0.717) is 6.54 Å². The minimum Gasteiger partial charge on any atom is -0.392 e. The smallest absolute Gasteiger partial charge is 0.0636 e. The van der Waals surface area contributed by atoms with Gasteiger partial charge in [-0.3, -0.25) is 0 Å². The molecule has 0 amide bonds. The Hall–Kier alpha value is -1.68. The van der Waals surface area contributed by atoms with E-state index in [1.54, 1.807) is 6.92 Å². The third-order valence-electron chi connectivity index (χ3n) is 3.31. The molecule has 0 saturated heterocycles. The molecule has 112 valence electrons. The van der Waals surface area contributed by atoms with Crippen molar-refractivity contribution in [3.63, 3.8) is 0 Å². The number of hydrogen-bond donors (Lipinski definition) is 3. The summed E-state index contributed by atoms with van der Waals surface area (Å²) in [4.78, 5) is 0. The molecule has 2 rings (SSSR count). The normalized spacial score (nSPS) is 12.3. The highest BCUT2D eigenvalue weighted by Gasteiger charge is 1.98. The maximum Gasteiger partial charge on any atom is 0.0636 e.